The number of hydrogen-bond donors (Lipinski definition) is 2. The van der Waals surface area contributed by atoms with Crippen molar-refractivity contribution in [3.8, 4) is 5.75 Å². The summed E-state index contributed by atoms with van der Waals surface area (Å²) in [5.41, 5.74) is 1.98. The minimum absolute atomic E-state index is 0.0988. The Morgan fingerprint density at radius 3 is 2.96 bits per heavy atom. The predicted octanol–water partition coefficient (Wildman–Crippen LogP) is 2.87. The topological polar surface area (TPSA) is 92.8 Å². The third kappa shape index (κ3) is 3.33. The van der Waals surface area contributed by atoms with Gasteiger partial charge in [0.15, 0.2) is 5.65 Å². The Hall–Kier alpha value is -2.61. The van der Waals surface area contributed by atoms with Gasteiger partial charge in [-0.25, -0.2) is 15.0 Å². The largest absolute Gasteiger partial charge is 0.495 e. The molecule has 7 nitrogen and oxygen atoms in total. The van der Waals surface area contributed by atoms with E-state index in [1.54, 1.807) is 13.4 Å². The summed E-state index contributed by atoms with van der Waals surface area (Å²) in [6, 6.07) is 7.33. The summed E-state index contributed by atoms with van der Waals surface area (Å²) < 4.78 is 5.27. The second-order valence-corrected chi connectivity index (χ2v) is 6.18. The molecule has 1 aromatic carbocycles. The number of H-pyrrole nitrogens is 1. The molecule has 1 amide bonds. The van der Waals surface area contributed by atoms with E-state index in [0.717, 1.165) is 5.52 Å². The number of thioether (sulfide) groups is 1. The minimum Gasteiger partial charge on any atom is -0.495 e. The SMILES string of the molecule is CC[C@H](Sc1ncnc2nc[nH]c12)C(=O)Nc1ccccc1OC. The van der Waals surface area contributed by atoms with E-state index in [0.29, 0.717) is 28.5 Å². The Balaban J connectivity index is 1.78. The van der Waals surface area contributed by atoms with Gasteiger partial charge in [-0.15, -0.1) is 0 Å². The van der Waals surface area contributed by atoms with Gasteiger partial charge in [0, 0.05) is 0 Å². The lowest BCUT2D eigenvalue weighted by Gasteiger charge is -2.16. The Bertz CT molecular complexity index is 851. The first-order chi connectivity index (χ1) is 11.7. The van der Waals surface area contributed by atoms with E-state index >= 15 is 0 Å². The number of methoxy groups -OCH3 is 1. The third-order valence-electron chi connectivity index (χ3n) is 3.47. The molecule has 0 aliphatic heterocycles. The van der Waals surface area contributed by atoms with Crippen LogP contribution in [0.3, 0.4) is 0 Å². The first-order valence-corrected chi connectivity index (χ1v) is 8.35. The molecule has 3 aromatic rings. The second-order valence-electron chi connectivity index (χ2n) is 4.98. The Morgan fingerprint density at radius 1 is 1.33 bits per heavy atom. The number of anilines is 1. The van der Waals surface area contributed by atoms with Crippen LogP contribution in [0.5, 0.6) is 5.75 Å². The Labute approximate surface area is 143 Å². The number of carbonyl (C=O) groups is 1. The summed E-state index contributed by atoms with van der Waals surface area (Å²) in [5.74, 6) is 0.530. The number of para-hydroxylation sites is 2. The van der Waals surface area contributed by atoms with Crippen LogP contribution in [0.15, 0.2) is 41.9 Å². The lowest BCUT2D eigenvalue weighted by Crippen LogP contribution is -2.25. The number of imidazole rings is 1. The molecule has 124 valence electrons. The quantitative estimate of drug-likeness (QED) is 0.528. The highest BCUT2D eigenvalue weighted by Gasteiger charge is 2.21. The summed E-state index contributed by atoms with van der Waals surface area (Å²) in [5, 5.41) is 3.33. The van der Waals surface area contributed by atoms with Crippen molar-refractivity contribution in [1.29, 1.82) is 0 Å². The summed E-state index contributed by atoms with van der Waals surface area (Å²) in [4.78, 5) is 28.1. The molecule has 0 saturated heterocycles. The highest BCUT2D eigenvalue weighted by molar-refractivity contribution is 8.00. The monoisotopic (exact) mass is 343 g/mol. The summed E-state index contributed by atoms with van der Waals surface area (Å²) >= 11 is 1.39. The van der Waals surface area contributed by atoms with E-state index in [1.165, 1.54) is 18.1 Å². The van der Waals surface area contributed by atoms with Crippen LogP contribution < -0.4 is 10.1 Å². The van der Waals surface area contributed by atoms with Gasteiger partial charge in [0.05, 0.1) is 24.4 Å². The zero-order valence-corrected chi connectivity index (χ0v) is 14.1. The molecule has 0 fully saturated rings. The molecular weight excluding hydrogens is 326 g/mol. The number of aromatic nitrogens is 4. The van der Waals surface area contributed by atoms with Crippen molar-refractivity contribution >= 4 is 34.5 Å². The number of nitrogens with zero attached hydrogens (tertiary/aromatic N) is 3. The first-order valence-electron chi connectivity index (χ1n) is 7.47. The van der Waals surface area contributed by atoms with Crippen LogP contribution in [0.2, 0.25) is 0 Å². The van der Waals surface area contributed by atoms with Crippen molar-refractivity contribution in [2.24, 2.45) is 0 Å². The normalized spacial score (nSPS) is 12.1. The molecule has 3 rings (SSSR count). The Kier molecular flexibility index (Phi) is 4.95. The van der Waals surface area contributed by atoms with Gasteiger partial charge in [0.25, 0.3) is 0 Å². The average molecular weight is 343 g/mol. The summed E-state index contributed by atoms with van der Waals surface area (Å²) in [6.45, 7) is 1.96. The molecule has 1 atom stereocenters. The summed E-state index contributed by atoms with van der Waals surface area (Å²) in [7, 11) is 1.58. The van der Waals surface area contributed by atoms with E-state index < -0.39 is 0 Å². The molecule has 0 aliphatic rings. The number of carbonyl (C=O) groups excluding carboxylic acids is 1. The van der Waals surface area contributed by atoms with Gasteiger partial charge in [-0.05, 0) is 18.6 Å². The fourth-order valence-electron chi connectivity index (χ4n) is 2.25. The minimum atomic E-state index is -0.295. The van der Waals surface area contributed by atoms with Crippen LogP contribution >= 0.6 is 11.8 Å². The average Bonchev–Trinajstić information content (AvgIpc) is 3.09. The maximum Gasteiger partial charge on any atom is 0.238 e. The van der Waals surface area contributed by atoms with Crippen LogP contribution in [-0.4, -0.2) is 38.2 Å². The van der Waals surface area contributed by atoms with Crippen LogP contribution in [-0.2, 0) is 4.79 Å². The summed E-state index contributed by atoms with van der Waals surface area (Å²) in [6.07, 6.45) is 3.68. The number of hydrogen-bond acceptors (Lipinski definition) is 6. The van der Waals surface area contributed by atoms with E-state index in [9.17, 15) is 4.79 Å². The first kappa shape index (κ1) is 16.3. The van der Waals surface area contributed by atoms with Crippen molar-refractivity contribution in [3.05, 3.63) is 36.9 Å². The highest BCUT2D eigenvalue weighted by Crippen LogP contribution is 2.30. The Morgan fingerprint density at radius 2 is 2.17 bits per heavy atom. The van der Waals surface area contributed by atoms with Crippen molar-refractivity contribution in [1.82, 2.24) is 19.9 Å². The predicted molar refractivity (Wildman–Crippen MR) is 93.2 cm³/mol. The fourth-order valence-corrected chi connectivity index (χ4v) is 3.23. The van der Waals surface area contributed by atoms with Gasteiger partial charge in [-0.2, -0.15) is 0 Å². The van der Waals surface area contributed by atoms with Crippen LogP contribution in [0.1, 0.15) is 13.3 Å². The molecule has 2 N–H and O–H groups in total. The smallest absolute Gasteiger partial charge is 0.238 e. The van der Waals surface area contributed by atoms with Crippen molar-refractivity contribution in [2.45, 2.75) is 23.6 Å². The van der Waals surface area contributed by atoms with Crippen LogP contribution in [0.4, 0.5) is 5.69 Å². The lowest BCUT2D eigenvalue weighted by molar-refractivity contribution is -0.115. The molecular formula is C16H17N5O2S. The number of rotatable bonds is 6. The molecule has 24 heavy (non-hydrogen) atoms. The molecule has 8 heteroatoms. The molecule has 0 unspecified atom stereocenters. The van der Waals surface area contributed by atoms with Crippen molar-refractivity contribution in [2.75, 3.05) is 12.4 Å². The van der Waals surface area contributed by atoms with Crippen LogP contribution in [0.25, 0.3) is 11.2 Å². The van der Waals surface area contributed by atoms with E-state index in [-0.39, 0.29) is 11.2 Å². The van der Waals surface area contributed by atoms with Gasteiger partial charge in [0.2, 0.25) is 5.91 Å². The second kappa shape index (κ2) is 7.31. The molecule has 0 saturated carbocycles. The maximum absolute atomic E-state index is 12.6. The molecule has 0 aliphatic carbocycles. The van der Waals surface area contributed by atoms with Gasteiger partial charge >= 0.3 is 0 Å². The third-order valence-corrected chi connectivity index (χ3v) is 4.83. The molecule has 0 radical (unpaired) electrons. The van der Waals surface area contributed by atoms with Crippen molar-refractivity contribution < 1.29 is 9.53 Å². The zero-order chi connectivity index (χ0) is 16.9. The molecule has 0 spiro atoms. The van der Waals surface area contributed by atoms with E-state index in [1.807, 2.05) is 31.2 Å². The standard InChI is InChI=1S/C16H17N5O2S/c1-3-12(15(22)21-10-6-4-5-7-11(10)23-2)24-16-13-14(18-8-17-13)19-9-20-16/h4-9,12H,3H2,1-2H3,(H,21,22)(H,17,18,19,20)/t12-/m0/s1. The van der Waals surface area contributed by atoms with Crippen LogP contribution in [0, 0.1) is 0 Å². The van der Waals surface area contributed by atoms with Gasteiger partial charge in [-0.1, -0.05) is 30.8 Å². The number of benzene rings is 1. The fraction of sp³-hybridized carbons (Fsp3) is 0.250. The van der Waals surface area contributed by atoms with Gasteiger partial charge in [0.1, 0.15) is 22.6 Å². The molecule has 2 heterocycles. The number of amides is 1. The lowest BCUT2D eigenvalue weighted by atomic mass is 10.2. The van der Waals surface area contributed by atoms with Crippen molar-refractivity contribution in [3.63, 3.8) is 0 Å². The number of nitrogens with one attached hydrogen (secondary N) is 2. The number of aromatic amines is 1. The van der Waals surface area contributed by atoms with E-state index in [4.69, 9.17) is 4.74 Å². The number of ether oxygens (including phenoxy) is 1. The zero-order valence-electron chi connectivity index (χ0n) is 13.3. The molecule has 0 bridgehead atoms. The van der Waals surface area contributed by atoms with Gasteiger partial charge < -0.3 is 15.0 Å². The number of fused-ring (bicyclic) bond motifs is 1. The molecule has 2 aromatic heterocycles. The van der Waals surface area contributed by atoms with Gasteiger partial charge in [-0.3, -0.25) is 4.79 Å². The highest BCUT2D eigenvalue weighted by atomic mass is 32.2. The maximum atomic E-state index is 12.6. The van der Waals surface area contributed by atoms with E-state index in [2.05, 4.69) is 25.3 Å².